The molecule has 1 aliphatic carbocycles. The van der Waals surface area contributed by atoms with Gasteiger partial charge in [0.2, 0.25) is 0 Å². The van der Waals surface area contributed by atoms with Gasteiger partial charge in [-0.25, -0.2) is 4.39 Å². The summed E-state index contributed by atoms with van der Waals surface area (Å²) in [7, 11) is 2.66. The Morgan fingerprint density at radius 2 is 1.67 bits per heavy atom. The fourth-order valence-corrected chi connectivity index (χ4v) is 2.22. The minimum atomic E-state index is -0.241. The quantitative estimate of drug-likeness (QED) is 0.618. The van der Waals surface area contributed by atoms with Crippen molar-refractivity contribution in [3.8, 4) is 0 Å². The van der Waals surface area contributed by atoms with Crippen molar-refractivity contribution in [1.82, 2.24) is 0 Å². The van der Waals surface area contributed by atoms with Gasteiger partial charge in [0.05, 0.1) is 5.83 Å². The van der Waals surface area contributed by atoms with Gasteiger partial charge in [0.1, 0.15) is 0 Å². The van der Waals surface area contributed by atoms with Crippen LogP contribution in [0.3, 0.4) is 0 Å². The Bertz CT molecular complexity index is 219. The normalized spacial score (nSPS) is 16.4. The summed E-state index contributed by atoms with van der Waals surface area (Å²) in [6.07, 6.45) is 10.6. The number of hydrogen-bond donors (Lipinski definition) is 1. The summed E-state index contributed by atoms with van der Waals surface area (Å²) in [6.45, 7) is 11.4. The Labute approximate surface area is 135 Å². The molecule has 0 spiro atoms. The molecule has 3 heteroatoms. The van der Waals surface area contributed by atoms with Gasteiger partial charge in [0.25, 0.3) is 0 Å². The van der Waals surface area contributed by atoms with E-state index >= 15 is 0 Å². The van der Waals surface area contributed by atoms with Gasteiger partial charge >= 0.3 is 0 Å². The predicted octanol–water partition coefficient (Wildman–Crippen LogP) is 5.98. The van der Waals surface area contributed by atoms with Crippen molar-refractivity contribution in [3.05, 3.63) is 12.4 Å². The summed E-state index contributed by atoms with van der Waals surface area (Å²) in [5.41, 5.74) is 0. The fraction of sp³-hybridized carbons (Fsp3) is 0.889. The van der Waals surface area contributed by atoms with Crippen molar-refractivity contribution in [1.29, 1.82) is 0 Å². The zero-order valence-electron chi connectivity index (χ0n) is 14.7. The number of aliphatic hydroxyl groups excluding tert-OH is 1. The summed E-state index contributed by atoms with van der Waals surface area (Å²) < 4.78 is 11.6. The number of aliphatic hydroxyl groups is 1. The predicted molar refractivity (Wildman–Crippen MR) is 97.4 cm³/mol. The van der Waals surface area contributed by atoms with Gasteiger partial charge in [-0.2, -0.15) is 0 Å². The zero-order chi connectivity index (χ0) is 16.7. The third-order valence-electron chi connectivity index (χ3n) is 3.99. The molecule has 2 atom stereocenters. The molecule has 2 unspecified atom stereocenters. The van der Waals surface area contributed by atoms with Crippen LogP contribution in [0.15, 0.2) is 12.4 Å². The fourth-order valence-electron chi connectivity index (χ4n) is 2.22. The van der Waals surface area contributed by atoms with E-state index in [1.54, 1.807) is 13.8 Å². The van der Waals surface area contributed by atoms with E-state index in [9.17, 15) is 4.39 Å². The molecule has 1 fully saturated rings. The van der Waals surface area contributed by atoms with Gasteiger partial charge in [-0.05, 0) is 18.0 Å². The van der Waals surface area contributed by atoms with E-state index in [1.165, 1.54) is 44.7 Å². The first kappa shape index (κ1) is 23.3. The highest BCUT2D eigenvalue weighted by Gasteiger charge is 2.20. The second-order valence-electron chi connectivity index (χ2n) is 6.14. The van der Waals surface area contributed by atoms with Crippen LogP contribution in [-0.4, -0.2) is 17.9 Å². The summed E-state index contributed by atoms with van der Waals surface area (Å²) in [6, 6.07) is 0. The van der Waals surface area contributed by atoms with E-state index in [0.717, 1.165) is 12.3 Å². The third kappa shape index (κ3) is 14.8. The maximum Gasteiger partial charge on any atom is 0.0953 e. The SMILES string of the molecule is C=C(F)C(C)C.CCC(CO)C1CCCCC1.CCCP. The van der Waals surface area contributed by atoms with Crippen LogP contribution in [0.1, 0.15) is 72.6 Å². The van der Waals surface area contributed by atoms with Crippen LogP contribution >= 0.6 is 9.24 Å². The molecule has 1 rings (SSSR count). The second kappa shape index (κ2) is 16.4. The van der Waals surface area contributed by atoms with Crippen LogP contribution in [0.25, 0.3) is 0 Å². The molecule has 0 saturated heterocycles. The Balaban J connectivity index is 0. The molecule has 0 aromatic heterocycles. The van der Waals surface area contributed by atoms with E-state index in [1.807, 2.05) is 0 Å². The van der Waals surface area contributed by atoms with Gasteiger partial charge < -0.3 is 5.11 Å². The van der Waals surface area contributed by atoms with Gasteiger partial charge in [-0.3, -0.25) is 0 Å². The van der Waals surface area contributed by atoms with Crippen LogP contribution in [0.5, 0.6) is 0 Å². The van der Waals surface area contributed by atoms with Crippen LogP contribution < -0.4 is 0 Å². The molecule has 0 aromatic rings. The molecule has 0 bridgehead atoms. The minimum Gasteiger partial charge on any atom is -0.396 e. The molecule has 0 aromatic carbocycles. The average Bonchev–Trinajstić information content (AvgIpc) is 2.50. The van der Waals surface area contributed by atoms with Crippen molar-refractivity contribution in [2.24, 2.45) is 17.8 Å². The lowest BCUT2D eigenvalue weighted by atomic mass is 9.79. The second-order valence-corrected chi connectivity index (χ2v) is 6.72. The smallest absolute Gasteiger partial charge is 0.0953 e. The van der Waals surface area contributed by atoms with Crippen molar-refractivity contribution >= 4 is 9.24 Å². The lowest BCUT2D eigenvalue weighted by Crippen LogP contribution is -2.20. The Morgan fingerprint density at radius 3 is 1.90 bits per heavy atom. The van der Waals surface area contributed by atoms with Crippen LogP contribution in [0, 0.1) is 17.8 Å². The van der Waals surface area contributed by atoms with Crippen LogP contribution in [-0.2, 0) is 0 Å². The molecule has 0 aliphatic heterocycles. The van der Waals surface area contributed by atoms with Crippen LogP contribution in [0.4, 0.5) is 4.39 Å². The van der Waals surface area contributed by atoms with E-state index in [-0.39, 0.29) is 11.7 Å². The zero-order valence-corrected chi connectivity index (χ0v) is 15.9. The lowest BCUT2D eigenvalue weighted by Gasteiger charge is -2.27. The van der Waals surface area contributed by atoms with E-state index in [4.69, 9.17) is 5.11 Å². The molecule has 0 heterocycles. The van der Waals surface area contributed by atoms with Crippen molar-refractivity contribution < 1.29 is 9.50 Å². The Kier molecular flexibility index (Phi) is 18.3. The molecule has 1 N–H and O–H groups in total. The standard InChI is InChI=1S/C10H20O.C5H9F.C3H9P/c1-2-9(8-11)10-6-4-3-5-7-10;1-4(2)5(3)6;1-2-3-4/h9-11H,2-8H2,1H3;4H,3H2,1-2H3;2-4H2,1H3. The first-order valence-corrected chi connectivity index (χ1v) is 9.41. The van der Waals surface area contributed by atoms with Crippen molar-refractivity contribution in [2.45, 2.75) is 72.6 Å². The molecular formula is C18H38FOP. The summed E-state index contributed by atoms with van der Waals surface area (Å²) in [5, 5.41) is 9.08. The molecular weight excluding hydrogens is 282 g/mol. The molecule has 0 amide bonds. The third-order valence-corrected chi connectivity index (χ3v) is 4.57. The largest absolute Gasteiger partial charge is 0.396 e. The molecule has 1 saturated carbocycles. The topological polar surface area (TPSA) is 20.2 Å². The van der Waals surface area contributed by atoms with Gasteiger partial charge in [0, 0.05) is 12.5 Å². The monoisotopic (exact) mass is 320 g/mol. The molecule has 128 valence electrons. The van der Waals surface area contributed by atoms with Gasteiger partial charge in [-0.15, -0.1) is 9.24 Å². The number of hydrogen-bond acceptors (Lipinski definition) is 1. The number of halogens is 1. The minimum absolute atomic E-state index is 0.00926. The van der Waals surface area contributed by atoms with Crippen LogP contribution in [0.2, 0.25) is 0 Å². The highest BCUT2D eigenvalue weighted by Crippen LogP contribution is 2.31. The first-order valence-electron chi connectivity index (χ1n) is 8.59. The number of rotatable bonds is 5. The maximum absolute atomic E-state index is 11.6. The molecule has 21 heavy (non-hydrogen) atoms. The van der Waals surface area contributed by atoms with E-state index in [0.29, 0.717) is 12.5 Å². The summed E-state index contributed by atoms with van der Waals surface area (Å²) >= 11 is 0. The Hall–Kier alpha value is 0.0600. The molecule has 1 nitrogen and oxygen atoms in total. The van der Waals surface area contributed by atoms with Crippen molar-refractivity contribution in [2.75, 3.05) is 12.8 Å². The summed E-state index contributed by atoms with van der Waals surface area (Å²) in [4.78, 5) is 0. The van der Waals surface area contributed by atoms with E-state index < -0.39 is 0 Å². The highest BCUT2D eigenvalue weighted by molar-refractivity contribution is 7.16. The lowest BCUT2D eigenvalue weighted by molar-refractivity contribution is 0.144. The number of allylic oxidation sites excluding steroid dienone is 1. The highest BCUT2D eigenvalue weighted by atomic mass is 31.0. The van der Waals surface area contributed by atoms with Gasteiger partial charge in [0.15, 0.2) is 0 Å². The Morgan fingerprint density at radius 1 is 1.24 bits per heavy atom. The van der Waals surface area contributed by atoms with Crippen molar-refractivity contribution in [3.63, 3.8) is 0 Å². The molecule has 0 radical (unpaired) electrons. The molecule has 1 aliphatic rings. The average molecular weight is 320 g/mol. The summed E-state index contributed by atoms with van der Waals surface area (Å²) in [5.74, 6) is 1.18. The van der Waals surface area contributed by atoms with E-state index in [2.05, 4.69) is 29.7 Å². The van der Waals surface area contributed by atoms with Gasteiger partial charge in [-0.1, -0.05) is 79.2 Å². The maximum atomic E-state index is 11.6. The first-order chi connectivity index (χ1) is 9.94.